The minimum absolute atomic E-state index is 0.0471. The number of aromatic nitrogens is 1. The number of hydrogen-bond acceptors (Lipinski definition) is 3. The highest BCUT2D eigenvalue weighted by molar-refractivity contribution is 6.29. The second-order valence-corrected chi connectivity index (χ2v) is 3.01. The summed E-state index contributed by atoms with van der Waals surface area (Å²) in [6.07, 6.45) is 0.0471. The number of benzene rings is 1. The Morgan fingerprint density at radius 3 is 2.80 bits per heavy atom. The average Bonchev–Trinajstić information content (AvgIpc) is 2.70. The number of aromatic amines is 1. The summed E-state index contributed by atoms with van der Waals surface area (Å²) in [7, 11) is 0. The first-order valence-corrected chi connectivity index (χ1v) is 4.28. The van der Waals surface area contributed by atoms with Crippen LogP contribution >= 0.6 is 0 Å². The molecule has 2 rings (SSSR count). The highest BCUT2D eigenvalue weighted by Crippen LogP contribution is 2.20. The molecule has 76 valence electrons. The molecule has 2 N–H and O–H groups in total. The average molecular weight is 204 g/mol. The SMILES string of the molecule is O=CC(=O)N(O)c1cc2ccccc2[nH]1. The second-order valence-electron chi connectivity index (χ2n) is 3.01. The first-order chi connectivity index (χ1) is 7.22. The molecular weight excluding hydrogens is 196 g/mol. The molecule has 0 saturated carbocycles. The second kappa shape index (κ2) is 3.55. The largest absolute Gasteiger partial charge is 0.339 e. The third-order valence-corrected chi connectivity index (χ3v) is 2.05. The van der Waals surface area contributed by atoms with Gasteiger partial charge in [-0.2, -0.15) is 5.06 Å². The van der Waals surface area contributed by atoms with Crippen LogP contribution in [0.4, 0.5) is 5.82 Å². The molecule has 1 aromatic carbocycles. The van der Waals surface area contributed by atoms with E-state index in [0.29, 0.717) is 0 Å². The summed E-state index contributed by atoms with van der Waals surface area (Å²) in [6, 6.07) is 8.87. The molecule has 0 saturated heterocycles. The third-order valence-electron chi connectivity index (χ3n) is 2.05. The van der Waals surface area contributed by atoms with Gasteiger partial charge in [-0.3, -0.25) is 14.8 Å². The summed E-state index contributed by atoms with van der Waals surface area (Å²) < 4.78 is 0. The van der Waals surface area contributed by atoms with E-state index in [1.807, 2.05) is 18.2 Å². The van der Waals surface area contributed by atoms with E-state index in [9.17, 15) is 14.8 Å². The van der Waals surface area contributed by atoms with E-state index in [2.05, 4.69) is 4.98 Å². The maximum Gasteiger partial charge on any atom is 0.316 e. The molecule has 1 heterocycles. The summed E-state index contributed by atoms with van der Waals surface area (Å²) >= 11 is 0. The van der Waals surface area contributed by atoms with Gasteiger partial charge in [0.2, 0.25) is 6.29 Å². The number of aldehydes is 1. The number of hydrogen-bond donors (Lipinski definition) is 2. The number of carbonyl (C=O) groups excluding carboxylic acids is 2. The Kier molecular flexibility index (Phi) is 2.23. The van der Waals surface area contributed by atoms with Crippen LogP contribution in [-0.2, 0) is 9.59 Å². The predicted octanol–water partition coefficient (Wildman–Crippen LogP) is 1.09. The number of amides is 1. The van der Waals surface area contributed by atoms with E-state index in [1.54, 1.807) is 12.1 Å². The molecule has 5 nitrogen and oxygen atoms in total. The van der Waals surface area contributed by atoms with Gasteiger partial charge in [-0.25, -0.2) is 0 Å². The van der Waals surface area contributed by atoms with E-state index in [4.69, 9.17) is 0 Å². The summed E-state index contributed by atoms with van der Waals surface area (Å²) in [4.78, 5) is 23.9. The Morgan fingerprint density at radius 1 is 1.40 bits per heavy atom. The van der Waals surface area contributed by atoms with Crippen molar-refractivity contribution in [3.05, 3.63) is 30.3 Å². The number of para-hydroxylation sites is 1. The first-order valence-electron chi connectivity index (χ1n) is 4.28. The fourth-order valence-corrected chi connectivity index (χ4v) is 1.34. The number of rotatable bonds is 2. The van der Waals surface area contributed by atoms with Crippen LogP contribution in [0.15, 0.2) is 30.3 Å². The fourth-order valence-electron chi connectivity index (χ4n) is 1.34. The van der Waals surface area contributed by atoms with Crippen molar-refractivity contribution in [3.8, 4) is 0 Å². The molecule has 1 aromatic heterocycles. The van der Waals surface area contributed by atoms with Crippen molar-refractivity contribution >= 4 is 28.9 Å². The van der Waals surface area contributed by atoms with Gasteiger partial charge in [-0.1, -0.05) is 18.2 Å². The lowest BCUT2D eigenvalue weighted by molar-refractivity contribution is -0.133. The van der Waals surface area contributed by atoms with Crippen LogP contribution in [0.3, 0.4) is 0 Å². The number of hydroxylamine groups is 1. The van der Waals surface area contributed by atoms with Crippen molar-refractivity contribution in [3.63, 3.8) is 0 Å². The van der Waals surface area contributed by atoms with Crippen LogP contribution in [0.5, 0.6) is 0 Å². The molecule has 1 amide bonds. The summed E-state index contributed by atoms with van der Waals surface area (Å²) in [5.74, 6) is -0.838. The van der Waals surface area contributed by atoms with Crippen molar-refractivity contribution in [1.29, 1.82) is 0 Å². The maximum absolute atomic E-state index is 10.9. The minimum atomic E-state index is -1.01. The quantitative estimate of drug-likeness (QED) is 0.333. The molecule has 0 fully saturated rings. The van der Waals surface area contributed by atoms with Crippen molar-refractivity contribution in [2.75, 3.05) is 5.06 Å². The smallest absolute Gasteiger partial charge is 0.316 e. The molecule has 2 aromatic rings. The van der Waals surface area contributed by atoms with Gasteiger partial charge < -0.3 is 4.98 Å². The molecule has 5 heteroatoms. The van der Waals surface area contributed by atoms with Crippen molar-refractivity contribution in [2.24, 2.45) is 0 Å². The van der Waals surface area contributed by atoms with E-state index in [1.165, 1.54) is 0 Å². The molecule has 0 atom stereocenters. The number of anilines is 1. The molecule has 0 unspecified atom stereocenters. The van der Waals surface area contributed by atoms with Crippen LogP contribution in [0, 0.1) is 0 Å². The van der Waals surface area contributed by atoms with Crippen LogP contribution in [0.1, 0.15) is 0 Å². The maximum atomic E-state index is 10.9. The van der Waals surface area contributed by atoms with Gasteiger partial charge in [0.1, 0.15) is 5.82 Å². The lowest BCUT2D eigenvalue weighted by Crippen LogP contribution is -2.27. The molecule has 0 radical (unpaired) electrons. The van der Waals surface area contributed by atoms with Gasteiger partial charge in [0, 0.05) is 10.9 Å². The highest BCUT2D eigenvalue weighted by atomic mass is 16.5. The van der Waals surface area contributed by atoms with Gasteiger partial charge in [0.15, 0.2) is 0 Å². The zero-order valence-electron chi connectivity index (χ0n) is 7.68. The predicted molar refractivity (Wildman–Crippen MR) is 53.6 cm³/mol. The molecule has 0 aliphatic carbocycles. The monoisotopic (exact) mass is 204 g/mol. The lowest BCUT2D eigenvalue weighted by atomic mass is 10.2. The van der Waals surface area contributed by atoms with Crippen LogP contribution < -0.4 is 5.06 Å². The fraction of sp³-hybridized carbons (Fsp3) is 0. The number of carbonyl (C=O) groups is 2. The van der Waals surface area contributed by atoms with Crippen LogP contribution in [0.25, 0.3) is 10.9 Å². The zero-order valence-corrected chi connectivity index (χ0v) is 7.68. The number of fused-ring (bicyclic) bond motifs is 1. The third kappa shape index (κ3) is 1.60. The van der Waals surface area contributed by atoms with Gasteiger partial charge in [0.05, 0.1) is 0 Å². The molecule has 0 aliphatic heterocycles. The normalized spacial score (nSPS) is 10.2. The van der Waals surface area contributed by atoms with Gasteiger partial charge in [0.25, 0.3) is 0 Å². The van der Waals surface area contributed by atoms with Crippen LogP contribution in [0.2, 0.25) is 0 Å². The lowest BCUT2D eigenvalue weighted by Gasteiger charge is -2.07. The van der Waals surface area contributed by atoms with E-state index in [0.717, 1.165) is 10.9 Å². The Bertz CT molecular complexity index is 485. The Labute approximate surface area is 84.9 Å². The van der Waals surface area contributed by atoms with E-state index in [-0.39, 0.29) is 17.2 Å². The Balaban J connectivity index is 2.44. The zero-order chi connectivity index (χ0) is 10.8. The number of H-pyrrole nitrogens is 1. The number of nitrogens with one attached hydrogen (secondary N) is 1. The van der Waals surface area contributed by atoms with Crippen molar-refractivity contribution in [1.82, 2.24) is 4.98 Å². The number of nitrogens with zero attached hydrogens (tertiary/aromatic N) is 1. The highest BCUT2D eigenvalue weighted by Gasteiger charge is 2.13. The van der Waals surface area contributed by atoms with Crippen LogP contribution in [-0.4, -0.2) is 22.4 Å². The molecule has 15 heavy (non-hydrogen) atoms. The minimum Gasteiger partial charge on any atom is -0.339 e. The Morgan fingerprint density at radius 2 is 2.13 bits per heavy atom. The summed E-state index contributed by atoms with van der Waals surface area (Å²) in [5.41, 5.74) is 0.783. The standard InChI is InChI=1S/C10H8N2O3/c13-6-10(14)12(15)9-5-7-3-1-2-4-8(7)11-9/h1-6,11,15H. The van der Waals surface area contributed by atoms with Crippen molar-refractivity contribution in [2.45, 2.75) is 0 Å². The van der Waals surface area contributed by atoms with E-state index < -0.39 is 5.91 Å². The molecular formula is C10H8N2O3. The molecule has 0 aliphatic rings. The van der Waals surface area contributed by atoms with Crippen molar-refractivity contribution < 1.29 is 14.8 Å². The summed E-state index contributed by atoms with van der Waals surface area (Å²) in [5, 5.41) is 10.4. The van der Waals surface area contributed by atoms with Gasteiger partial charge in [-0.05, 0) is 12.1 Å². The Hall–Kier alpha value is -2.14. The van der Waals surface area contributed by atoms with Gasteiger partial charge in [-0.15, -0.1) is 0 Å². The van der Waals surface area contributed by atoms with Gasteiger partial charge >= 0.3 is 5.91 Å². The molecule has 0 spiro atoms. The summed E-state index contributed by atoms with van der Waals surface area (Å²) in [6.45, 7) is 0. The topological polar surface area (TPSA) is 73.4 Å². The molecule has 0 bridgehead atoms. The van der Waals surface area contributed by atoms with E-state index >= 15 is 0 Å². The first kappa shape index (κ1) is 9.42.